The van der Waals surface area contributed by atoms with Crippen molar-refractivity contribution in [3.63, 3.8) is 0 Å². The summed E-state index contributed by atoms with van der Waals surface area (Å²) < 4.78 is 14.0. The Morgan fingerprint density at radius 3 is 2.33 bits per heavy atom. The Hall–Kier alpha value is -2.32. The van der Waals surface area contributed by atoms with Gasteiger partial charge in [-0.25, -0.2) is 9.67 Å². The van der Waals surface area contributed by atoms with Gasteiger partial charge in [0.15, 0.2) is 5.82 Å². The van der Waals surface area contributed by atoms with Crippen molar-refractivity contribution in [1.82, 2.24) is 24.7 Å². The van der Waals surface area contributed by atoms with Crippen LogP contribution in [0.2, 0.25) is 0 Å². The van der Waals surface area contributed by atoms with Crippen LogP contribution in [0.15, 0.2) is 37.2 Å². The molecule has 0 aromatic carbocycles. The van der Waals surface area contributed by atoms with E-state index in [1.807, 2.05) is 27.7 Å². The second-order valence-electron chi connectivity index (χ2n) is 6.87. The standard InChI is InChI=1S/C16H18BN5O2/c1-15(2)16(3,4)24-17(23-15)12-8-19-9-13-11(12)7-21-22(13)14-10-18-5-6-20-14/h5-10H,1-4H3. The molecule has 0 spiro atoms. The van der Waals surface area contributed by atoms with Crippen LogP contribution in [0.5, 0.6) is 0 Å². The molecule has 7 nitrogen and oxygen atoms in total. The molecule has 0 N–H and O–H groups in total. The highest BCUT2D eigenvalue weighted by Gasteiger charge is 2.52. The molecular weight excluding hydrogens is 305 g/mol. The normalized spacial score (nSPS) is 19.1. The molecule has 122 valence electrons. The Balaban J connectivity index is 1.81. The van der Waals surface area contributed by atoms with Crippen LogP contribution >= 0.6 is 0 Å². The summed E-state index contributed by atoms with van der Waals surface area (Å²) in [6, 6.07) is 0. The molecule has 4 heterocycles. The Kier molecular flexibility index (Phi) is 3.23. The molecule has 1 fully saturated rings. The molecule has 1 saturated heterocycles. The van der Waals surface area contributed by atoms with E-state index in [2.05, 4.69) is 20.1 Å². The van der Waals surface area contributed by atoms with E-state index in [4.69, 9.17) is 9.31 Å². The van der Waals surface area contributed by atoms with Gasteiger partial charge in [0.05, 0.1) is 35.3 Å². The van der Waals surface area contributed by atoms with Gasteiger partial charge in [-0.05, 0) is 27.7 Å². The van der Waals surface area contributed by atoms with Crippen molar-refractivity contribution in [1.29, 1.82) is 0 Å². The molecule has 4 rings (SSSR count). The van der Waals surface area contributed by atoms with E-state index in [1.165, 1.54) is 0 Å². The number of hydrogen-bond donors (Lipinski definition) is 0. The van der Waals surface area contributed by atoms with E-state index in [9.17, 15) is 0 Å². The molecule has 3 aromatic heterocycles. The van der Waals surface area contributed by atoms with Gasteiger partial charge < -0.3 is 9.31 Å². The van der Waals surface area contributed by atoms with E-state index < -0.39 is 18.3 Å². The first-order valence-electron chi connectivity index (χ1n) is 7.83. The smallest absolute Gasteiger partial charge is 0.399 e. The van der Waals surface area contributed by atoms with Gasteiger partial charge in [0.1, 0.15) is 0 Å². The highest BCUT2D eigenvalue weighted by molar-refractivity contribution is 6.65. The maximum Gasteiger partial charge on any atom is 0.497 e. The van der Waals surface area contributed by atoms with Crippen molar-refractivity contribution in [2.45, 2.75) is 38.9 Å². The van der Waals surface area contributed by atoms with Gasteiger partial charge in [0.2, 0.25) is 0 Å². The van der Waals surface area contributed by atoms with Crippen molar-refractivity contribution < 1.29 is 9.31 Å². The number of rotatable bonds is 2. The molecule has 0 bridgehead atoms. The van der Waals surface area contributed by atoms with Crippen molar-refractivity contribution >= 4 is 23.5 Å². The first-order valence-corrected chi connectivity index (χ1v) is 7.83. The second-order valence-corrected chi connectivity index (χ2v) is 6.87. The summed E-state index contributed by atoms with van der Waals surface area (Å²) in [6.45, 7) is 8.13. The lowest BCUT2D eigenvalue weighted by Crippen LogP contribution is -2.41. The molecule has 3 aromatic rings. The summed E-state index contributed by atoms with van der Waals surface area (Å²) in [5.74, 6) is 0.639. The lowest BCUT2D eigenvalue weighted by Gasteiger charge is -2.32. The third-order valence-electron chi connectivity index (χ3n) is 4.80. The first-order chi connectivity index (χ1) is 11.4. The SMILES string of the molecule is CC1(C)OB(c2cncc3c2cnn3-c2cnccn2)OC1(C)C. The fourth-order valence-corrected chi connectivity index (χ4v) is 2.70. The Morgan fingerprint density at radius 1 is 0.917 bits per heavy atom. The average molecular weight is 323 g/mol. The van der Waals surface area contributed by atoms with Crippen molar-refractivity contribution in [2.24, 2.45) is 0 Å². The highest BCUT2D eigenvalue weighted by atomic mass is 16.7. The molecule has 8 heteroatoms. The van der Waals surface area contributed by atoms with Crippen LogP contribution < -0.4 is 5.46 Å². The van der Waals surface area contributed by atoms with Crippen molar-refractivity contribution in [3.05, 3.63) is 37.2 Å². The minimum absolute atomic E-state index is 0.402. The molecular formula is C16H18BN5O2. The monoisotopic (exact) mass is 323 g/mol. The van der Waals surface area contributed by atoms with E-state index in [1.54, 1.807) is 41.9 Å². The summed E-state index contributed by atoms with van der Waals surface area (Å²) in [4.78, 5) is 12.7. The number of fused-ring (bicyclic) bond motifs is 1. The van der Waals surface area contributed by atoms with Crippen LogP contribution in [-0.2, 0) is 9.31 Å². The van der Waals surface area contributed by atoms with Crippen molar-refractivity contribution in [2.75, 3.05) is 0 Å². The van der Waals surface area contributed by atoms with Gasteiger partial charge in [-0.15, -0.1) is 0 Å². The van der Waals surface area contributed by atoms with Crippen LogP contribution in [0, 0.1) is 0 Å². The van der Waals surface area contributed by atoms with Gasteiger partial charge in [0.25, 0.3) is 0 Å². The molecule has 0 radical (unpaired) electrons. The molecule has 0 unspecified atom stereocenters. The van der Waals surface area contributed by atoms with E-state index in [-0.39, 0.29) is 0 Å². The van der Waals surface area contributed by atoms with Crippen LogP contribution in [-0.4, -0.2) is 43.1 Å². The van der Waals surface area contributed by atoms with Gasteiger partial charge in [-0.3, -0.25) is 9.97 Å². The van der Waals surface area contributed by atoms with Gasteiger partial charge in [-0.2, -0.15) is 5.10 Å². The van der Waals surface area contributed by atoms with Crippen LogP contribution in [0.25, 0.3) is 16.7 Å². The lowest BCUT2D eigenvalue weighted by atomic mass is 9.78. The molecule has 0 aliphatic carbocycles. The lowest BCUT2D eigenvalue weighted by molar-refractivity contribution is 0.00578. The topological polar surface area (TPSA) is 75.0 Å². The molecule has 0 saturated carbocycles. The number of hydrogen-bond acceptors (Lipinski definition) is 6. The second kappa shape index (κ2) is 5.09. The molecule has 1 aliphatic rings. The molecule has 24 heavy (non-hydrogen) atoms. The zero-order valence-corrected chi connectivity index (χ0v) is 14.1. The summed E-state index contributed by atoms with van der Waals surface area (Å²) >= 11 is 0. The molecule has 0 atom stereocenters. The minimum atomic E-state index is -0.481. The minimum Gasteiger partial charge on any atom is -0.399 e. The number of nitrogens with zero attached hydrogens (tertiary/aromatic N) is 5. The summed E-state index contributed by atoms with van der Waals surface area (Å²) in [5, 5.41) is 5.36. The highest BCUT2D eigenvalue weighted by Crippen LogP contribution is 2.36. The zero-order chi connectivity index (χ0) is 16.9. The van der Waals surface area contributed by atoms with Gasteiger partial charge >= 0.3 is 7.12 Å². The maximum absolute atomic E-state index is 6.15. The summed E-state index contributed by atoms with van der Waals surface area (Å²) in [7, 11) is -0.481. The Labute approximate surface area is 140 Å². The van der Waals surface area contributed by atoms with Gasteiger partial charge in [-0.1, -0.05) is 0 Å². The Bertz CT molecular complexity index is 878. The summed E-state index contributed by atoms with van der Waals surface area (Å²) in [6.07, 6.45) is 10.2. The van der Waals surface area contributed by atoms with E-state index >= 15 is 0 Å². The van der Waals surface area contributed by atoms with Crippen molar-refractivity contribution in [3.8, 4) is 5.82 Å². The summed E-state index contributed by atoms with van der Waals surface area (Å²) in [5.41, 5.74) is 0.894. The third kappa shape index (κ3) is 2.22. The fourth-order valence-electron chi connectivity index (χ4n) is 2.70. The third-order valence-corrected chi connectivity index (χ3v) is 4.80. The maximum atomic E-state index is 6.15. The molecule has 1 aliphatic heterocycles. The van der Waals surface area contributed by atoms with Crippen LogP contribution in [0.3, 0.4) is 0 Å². The van der Waals surface area contributed by atoms with E-state index in [0.717, 1.165) is 16.4 Å². The van der Waals surface area contributed by atoms with E-state index in [0.29, 0.717) is 5.82 Å². The average Bonchev–Trinajstić information content (AvgIpc) is 3.06. The predicted molar refractivity (Wildman–Crippen MR) is 90.2 cm³/mol. The Morgan fingerprint density at radius 2 is 1.67 bits per heavy atom. The first kappa shape index (κ1) is 15.2. The van der Waals surface area contributed by atoms with Crippen LogP contribution in [0.1, 0.15) is 27.7 Å². The van der Waals surface area contributed by atoms with Crippen LogP contribution in [0.4, 0.5) is 0 Å². The number of pyridine rings is 1. The number of aromatic nitrogens is 5. The quantitative estimate of drug-likeness (QED) is 0.666. The van der Waals surface area contributed by atoms with Gasteiger partial charge in [0, 0.05) is 29.4 Å². The largest absolute Gasteiger partial charge is 0.497 e. The zero-order valence-electron chi connectivity index (χ0n) is 14.1. The predicted octanol–water partition coefficient (Wildman–Crippen LogP) is 1.51. The fraction of sp³-hybridized carbons (Fsp3) is 0.375. The molecule has 0 amide bonds.